The van der Waals surface area contributed by atoms with Gasteiger partial charge in [0.2, 0.25) is 5.95 Å². The van der Waals surface area contributed by atoms with Gasteiger partial charge >= 0.3 is 0 Å². The fraction of sp³-hybridized carbons (Fsp3) is 0.0741. The number of aromatic nitrogens is 3. The van der Waals surface area contributed by atoms with Crippen LogP contribution in [0.4, 0.5) is 11.6 Å². The Morgan fingerprint density at radius 3 is 2.37 bits per heavy atom. The van der Waals surface area contributed by atoms with Crippen molar-refractivity contribution in [3.05, 3.63) is 107 Å². The van der Waals surface area contributed by atoms with Crippen LogP contribution in [-0.2, 0) is 17.4 Å². The van der Waals surface area contributed by atoms with Crippen molar-refractivity contribution in [3.8, 4) is 16.8 Å². The summed E-state index contributed by atoms with van der Waals surface area (Å²) in [6, 6.07) is 25.8. The monoisotopic (exact) mass is 481 g/mol. The van der Waals surface area contributed by atoms with E-state index in [2.05, 4.69) is 14.7 Å². The van der Waals surface area contributed by atoms with Crippen molar-refractivity contribution in [1.82, 2.24) is 14.5 Å². The molecule has 0 amide bonds. The minimum absolute atomic E-state index is 0.125. The van der Waals surface area contributed by atoms with Gasteiger partial charge in [-0.2, -0.15) is 0 Å². The molecular weight excluding hydrogens is 458 g/mol. The van der Waals surface area contributed by atoms with Gasteiger partial charge in [-0.25, -0.2) is 13.8 Å². The minimum atomic E-state index is -1.50. The molecule has 0 bridgehead atoms. The smallest absolute Gasteiger partial charge is 0.267 e. The van der Waals surface area contributed by atoms with Crippen molar-refractivity contribution < 1.29 is 4.21 Å². The van der Waals surface area contributed by atoms with Gasteiger partial charge in [-0.1, -0.05) is 49.4 Å². The van der Waals surface area contributed by atoms with Gasteiger partial charge in [0.15, 0.2) is 11.0 Å². The number of pyridine rings is 1. The maximum Gasteiger partial charge on any atom is 0.267 e. The largest absolute Gasteiger partial charge is 0.369 e. The van der Waals surface area contributed by atoms with Crippen molar-refractivity contribution in [2.45, 2.75) is 18.2 Å². The lowest BCUT2D eigenvalue weighted by Crippen LogP contribution is -2.23. The molecule has 3 N–H and O–H groups in total. The molecule has 0 spiro atoms. The highest BCUT2D eigenvalue weighted by Gasteiger charge is 2.15. The Labute approximate surface area is 204 Å². The summed E-state index contributed by atoms with van der Waals surface area (Å²) in [5, 5.41) is 0.435. The van der Waals surface area contributed by atoms with Crippen molar-refractivity contribution in [3.63, 3.8) is 0 Å². The third kappa shape index (κ3) is 4.43. The van der Waals surface area contributed by atoms with Crippen LogP contribution < -0.4 is 16.0 Å². The number of aryl methyl sites for hydroxylation is 1. The lowest BCUT2D eigenvalue weighted by molar-refractivity contribution is 0.685. The SMILES string of the molecule is CCc1ncc(-c2ccc3nc(N)n(-c4ccccc4)c(=O)c3c2)cc1S(=O)Nc1ccccc1. The van der Waals surface area contributed by atoms with Gasteiger partial charge in [-0.05, 0) is 54.4 Å². The lowest BCUT2D eigenvalue weighted by atomic mass is 10.0. The molecule has 35 heavy (non-hydrogen) atoms. The fourth-order valence-corrected chi connectivity index (χ4v) is 5.04. The van der Waals surface area contributed by atoms with Gasteiger partial charge in [0.05, 0.1) is 27.2 Å². The molecule has 0 fully saturated rings. The normalized spacial score (nSPS) is 11.9. The van der Waals surface area contributed by atoms with Crippen LogP contribution in [0.2, 0.25) is 0 Å². The Hall–Kier alpha value is -4.30. The molecule has 7 nitrogen and oxygen atoms in total. The number of nitrogen functional groups attached to an aromatic ring is 1. The van der Waals surface area contributed by atoms with Crippen LogP contribution in [0.1, 0.15) is 12.6 Å². The summed E-state index contributed by atoms with van der Waals surface area (Å²) in [7, 11) is -1.50. The number of nitrogens with zero attached hydrogens (tertiary/aromatic N) is 3. The molecule has 1 unspecified atom stereocenters. The number of hydrogen-bond acceptors (Lipinski definition) is 5. The Bertz CT molecular complexity index is 1600. The lowest BCUT2D eigenvalue weighted by Gasteiger charge is -2.13. The zero-order chi connectivity index (χ0) is 24.4. The molecular formula is C27H23N5O2S. The highest BCUT2D eigenvalue weighted by atomic mass is 32.2. The van der Waals surface area contributed by atoms with E-state index in [4.69, 9.17) is 5.73 Å². The van der Waals surface area contributed by atoms with E-state index in [-0.39, 0.29) is 11.5 Å². The number of para-hydroxylation sites is 2. The summed E-state index contributed by atoms with van der Waals surface area (Å²) in [4.78, 5) is 23.0. The highest BCUT2D eigenvalue weighted by Crippen LogP contribution is 2.26. The summed E-state index contributed by atoms with van der Waals surface area (Å²) >= 11 is 0. The van der Waals surface area contributed by atoms with Crippen molar-refractivity contribution in [2.75, 3.05) is 10.5 Å². The third-order valence-electron chi connectivity index (χ3n) is 5.69. The molecule has 1 atom stereocenters. The second-order valence-electron chi connectivity index (χ2n) is 7.94. The molecule has 0 saturated heterocycles. The first-order chi connectivity index (χ1) is 17.0. The van der Waals surface area contributed by atoms with Crippen molar-refractivity contribution in [1.29, 1.82) is 0 Å². The number of anilines is 2. The first-order valence-electron chi connectivity index (χ1n) is 11.2. The molecule has 174 valence electrons. The molecule has 0 aliphatic heterocycles. The summed E-state index contributed by atoms with van der Waals surface area (Å²) in [5.74, 6) is 0.125. The predicted molar refractivity (Wildman–Crippen MR) is 141 cm³/mol. The molecule has 5 aromatic rings. The number of nitrogens with one attached hydrogen (secondary N) is 1. The molecule has 0 aliphatic carbocycles. The molecule has 0 saturated carbocycles. The molecule has 2 aromatic heterocycles. The number of benzene rings is 3. The Balaban J connectivity index is 1.59. The van der Waals surface area contributed by atoms with Crippen LogP contribution in [0.25, 0.3) is 27.7 Å². The number of hydrogen-bond donors (Lipinski definition) is 2. The Morgan fingerprint density at radius 1 is 0.943 bits per heavy atom. The van der Waals surface area contributed by atoms with Gasteiger partial charge in [-0.3, -0.25) is 9.78 Å². The van der Waals surface area contributed by atoms with E-state index in [1.807, 2.05) is 79.7 Å². The van der Waals surface area contributed by atoms with E-state index in [9.17, 15) is 9.00 Å². The molecule has 2 heterocycles. The van der Waals surface area contributed by atoms with Crippen LogP contribution in [0, 0.1) is 0 Å². The van der Waals surface area contributed by atoms with Crippen molar-refractivity contribution >= 4 is 33.5 Å². The summed E-state index contributed by atoms with van der Waals surface area (Å²) in [5.41, 5.74) is 10.1. The molecule has 0 radical (unpaired) electrons. The molecule has 5 rings (SSSR count). The Kier molecular flexibility index (Phi) is 6.12. The molecule has 0 aliphatic rings. The zero-order valence-electron chi connectivity index (χ0n) is 19.0. The fourth-order valence-electron chi connectivity index (χ4n) is 3.93. The number of rotatable bonds is 6. The van der Waals surface area contributed by atoms with Gasteiger partial charge in [0.1, 0.15) is 0 Å². The van der Waals surface area contributed by atoms with E-state index in [0.29, 0.717) is 27.9 Å². The second kappa shape index (κ2) is 9.52. The predicted octanol–water partition coefficient (Wildman–Crippen LogP) is 4.73. The molecule has 3 aromatic carbocycles. The van der Waals surface area contributed by atoms with Crippen LogP contribution in [0.15, 0.2) is 101 Å². The second-order valence-corrected chi connectivity index (χ2v) is 9.12. The topological polar surface area (TPSA) is 103 Å². The van der Waals surface area contributed by atoms with Gasteiger partial charge in [0, 0.05) is 17.4 Å². The van der Waals surface area contributed by atoms with Gasteiger partial charge < -0.3 is 10.5 Å². The van der Waals surface area contributed by atoms with E-state index in [1.165, 1.54) is 4.57 Å². The van der Waals surface area contributed by atoms with E-state index >= 15 is 0 Å². The summed E-state index contributed by atoms with van der Waals surface area (Å²) < 4.78 is 17.6. The molecule has 8 heteroatoms. The van der Waals surface area contributed by atoms with Crippen molar-refractivity contribution in [2.24, 2.45) is 0 Å². The van der Waals surface area contributed by atoms with E-state index in [0.717, 1.165) is 22.5 Å². The number of fused-ring (bicyclic) bond motifs is 1. The maximum atomic E-state index is 13.4. The quantitative estimate of drug-likeness (QED) is 0.365. The maximum absolute atomic E-state index is 13.4. The van der Waals surface area contributed by atoms with Crippen LogP contribution in [0.3, 0.4) is 0 Å². The third-order valence-corrected chi connectivity index (χ3v) is 6.87. The highest BCUT2D eigenvalue weighted by molar-refractivity contribution is 7.86. The minimum Gasteiger partial charge on any atom is -0.369 e. The average Bonchev–Trinajstić information content (AvgIpc) is 2.89. The first-order valence-corrected chi connectivity index (χ1v) is 12.3. The van der Waals surface area contributed by atoms with Gasteiger partial charge in [0.25, 0.3) is 5.56 Å². The first kappa shape index (κ1) is 22.5. The summed E-state index contributed by atoms with van der Waals surface area (Å²) in [6.07, 6.45) is 2.38. The van der Waals surface area contributed by atoms with E-state index in [1.54, 1.807) is 18.3 Å². The zero-order valence-corrected chi connectivity index (χ0v) is 19.8. The summed E-state index contributed by atoms with van der Waals surface area (Å²) in [6.45, 7) is 1.98. The van der Waals surface area contributed by atoms with Crippen LogP contribution in [-0.4, -0.2) is 18.7 Å². The van der Waals surface area contributed by atoms with E-state index < -0.39 is 11.0 Å². The number of nitrogens with two attached hydrogens (primary N) is 1. The van der Waals surface area contributed by atoms with Gasteiger partial charge in [-0.15, -0.1) is 0 Å². The average molecular weight is 482 g/mol. The Morgan fingerprint density at radius 2 is 1.66 bits per heavy atom. The van der Waals surface area contributed by atoms with Crippen LogP contribution >= 0.6 is 0 Å². The van der Waals surface area contributed by atoms with Crippen LogP contribution in [0.5, 0.6) is 0 Å². The standard InChI is InChI=1S/C27H23N5O2S/c1-2-23-25(35(34)31-20-9-5-3-6-10-20)16-19(17-29-23)18-13-14-24-22(15-18)26(33)32(27(28)30-24)21-11-7-4-8-12-21/h3-17,31H,2H2,1H3,(H2,28,30).